The zero-order chi connectivity index (χ0) is 26.1. The molecule has 0 spiro atoms. The molecule has 36 heavy (non-hydrogen) atoms. The van der Waals surface area contributed by atoms with E-state index in [2.05, 4.69) is 4.98 Å². The van der Waals surface area contributed by atoms with Crippen LogP contribution in [0.15, 0.2) is 62.7 Å². The molecule has 1 N–H and O–H groups in total. The van der Waals surface area contributed by atoms with Crippen LogP contribution in [0, 0.1) is 6.92 Å². The summed E-state index contributed by atoms with van der Waals surface area (Å²) in [5.74, 6) is 0.546. The molecule has 0 amide bonds. The Morgan fingerprint density at radius 3 is 2.58 bits per heavy atom. The van der Waals surface area contributed by atoms with E-state index < -0.39 is 34.1 Å². The Hall–Kier alpha value is -3.03. The highest BCUT2D eigenvalue weighted by atomic mass is 32.2. The number of alkyl halides is 3. The fourth-order valence-electron chi connectivity index (χ4n) is 3.81. The second-order valence-corrected chi connectivity index (χ2v) is 10.9. The number of carbonyl (C=O) groups is 1. The molecule has 1 aliphatic rings. The number of sulfonamides is 1. The van der Waals surface area contributed by atoms with Crippen LogP contribution in [0.4, 0.5) is 18.0 Å². The Labute approximate surface area is 209 Å². The summed E-state index contributed by atoms with van der Waals surface area (Å²) < 4.78 is 77.2. The SMILES string of the molecule is Cc1oc(-c2ccccc2C(F)(F)F)nc1CSc1ccc(S(=O)(=O)N2CCC[C@H]2OC(=O)O)cc1. The minimum Gasteiger partial charge on any atom is -0.450 e. The number of halogens is 3. The summed E-state index contributed by atoms with van der Waals surface area (Å²) in [4.78, 5) is 15.8. The van der Waals surface area contributed by atoms with Crippen LogP contribution in [0.3, 0.4) is 0 Å². The second-order valence-electron chi connectivity index (χ2n) is 7.92. The zero-order valence-electron chi connectivity index (χ0n) is 18.9. The predicted octanol–water partition coefficient (Wildman–Crippen LogP) is 5.77. The average molecular weight is 543 g/mol. The summed E-state index contributed by atoms with van der Waals surface area (Å²) in [5, 5.41) is 8.84. The summed E-state index contributed by atoms with van der Waals surface area (Å²) in [7, 11) is -3.95. The summed E-state index contributed by atoms with van der Waals surface area (Å²) in [6.45, 7) is 1.77. The van der Waals surface area contributed by atoms with Gasteiger partial charge in [0.2, 0.25) is 15.9 Å². The molecule has 0 unspecified atom stereocenters. The third-order valence-corrected chi connectivity index (χ3v) is 8.48. The molecule has 13 heteroatoms. The molecule has 0 saturated carbocycles. The standard InChI is InChI=1S/C23H21F3N2O6S2/c1-14-19(27-21(33-14)17-5-2-3-6-18(17)23(24,25)26)13-35-15-8-10-16(11-9-15)36(31,32)28-12-4-7-20(28)34-22(29)30/h2-3,5-6,8-11,20H,4,7,12-13H2,1H3,(H,29,30)/t20-/m1/s1. The van der Waals surface area contributed by atoms with E-state index in [4.69, 9.17) is 14.3 Å². The first-order valence-corrected chi connectivity index (χ1v) is 13.2. The molecule has 2 aromatic carbocycles. The molecule has 2 heterocycles. The number of hydrogen-bond acceptors (Lipinski definition) is 7. The van der Waals surface area contributed by atoms with Crippen molar-refractivity contribution in [1.82, 2.24) is 9.29 Å². The van der Waals surface area contributed by atoms with Gasteiger partial charge in [-0.25, -0.2) is 18.2 Å². The molecular weight excluding hydrogens is 521 g/mol. The van der Waals surface area contributed by atoms with Crippen molar-refractivity contribution in [2.75, 3.05) is 6.54 Å². The lowest BCUT2D eigenvalue weighted by atomic mass is 10.1. The molecule has 4 rings (SSSR count). The first-order valence-electron chi connectivity index (χ1n) is 10.7. The third-order valence-electron chi connectivity index (χ3n) is 5.55. The zero-order valence-corrected chi connectivity index (χ0v) is 20.5. The van der Waals surface area contributed by atoms with Gasteiger partial charge in [0, 0.05) is 29.2 Å². The van der Waals surface area contributed by atoms with Crippen molar-refractivity contribution in [1.29, 1.82) is 0 Å². The number of benzene rings is 2. The van der Waals surface area contributed by atoms with Gasteiger partial charge in [-0.15, -0.1) is 11.8 Å². The topological polar surface area (TPSA) is 110 Å². The van der Waals surface area contributed by atoms with Crippen molar-refractivity contribution < 1.29 is 40.6 Å². The van der Waals surface area contributed by atoms with Gasteiger partial charge in [0.05, 0.1) is 16.2 Å². The highest BCUT2D eigenvalue weighted by Gasteiger charge is 2.38. The Balaban J connectivity index is 1.47. The molecule has 3 aromatic rings. The number of nitrogens with zero attached hydrogens (tertiary/aromatic N) is 2. The van der Waals surface area contributed by atoms with Crippen LogP contribution in [-0.2, 0) is 26.7 Å². The first kappa shape index (κ1) is 26.0. The van der Waals surface area contributed by atoms with Gasteiger partial charge < -0.3 is 14.3 Å². The van der Waals surface area contributed by atoms with Crippen molar-refractivity contribution in [3.05, 3.63) is 65.5 Å². The van der Waals surface area contributed by atoms with E-state index in [1.165, 1.54) is 42.1 Å². The van der Waals surface area contributed by atoms with Crippen molar-refractivity contribution >= 4 is 27.9 Å². The van der Waals surface area contributed by atoms with Crippen molar-refractivity contribution in [2.24, 2.45) is 0 Å². The number of carboxylic acid groups (broad SMARTS) is 1. The van der Waals surface area contributed by atoms with Crippen LogP contribution in [0.1, 0.15) is 29.9 Å². The number of aromatic nitrogens is 1. The van der Waals surface area contributed by atoms with Gasteiger partial charge in [-0.1, -0.05) is 12.1 Å². The second kappa shape index (κ2) is 10.1. The van der Waals surface area contributed by atoms with E-state index in [0.717, 1.165) is 10.4 Å². The highest BCUT2D eigenvalue weighted by molar-refractivity contribution is 7.98. The summed E-state index contributed by atoms with van der Waals surface area (Å²) in [5.41, 5.74) is -0.517. The number of rotatable bonds is 7. The van der Waals surface area contributed by atoms with E-state index in [1.54, 1.807) is 19.1 Å². The quantitative estimate of drug-likeness (QED) is 0.296. The van der Waals surface area contributed by atoms with Crippen LogP contribution >= 0.6 is 11.8 Å². The lowest BCUT2D eigenvalue weighted by Crippen LogP contribution is -2.38. The van der Waals surface area contributed by atoms with Gasteiger partial charge >= 0.3 is 12.3 Å². The van der Waals surface area contributed by atoms with Crippen LogP contribution < -0.4 is 0 Å². The molecule has 1 atom stereocenters. The van der Waals surface area contributed by atoms with E-state index in [9.17, 15) is 26.4 Å². The molecule has 0 aliphatic carbocycles. The number of ether oxygens (including phenoxy) is 1. The Morgan fingerprint density at radius 2 is 1.92 bits per heavy atom. The Morgan fingerprint density at radius 1 is 1.22 bits per heavy atom. The molecule has 1 aromatic heterocycles. The van der Waals surface area contributed by atoms with Crippen molar-refractivity contribution in [2.45, 2.75) is 47.7 Å². The lowest BCUT2D eigenvalue weighted by molar-refractivity contribution is -0.137. The summed E-state index contributed by atoms with van der Waals surface area (Å²) in [6.07, 6.45) is -6.38. The van der Waals surface area contributed by atoms with Gasteiger partial charge in [0.15, 0.2) is 6.23 Å². The largest absolute Gasteiger partial charge is 0.507 e. The van der Waals surface area contributed by atoms with Crippen LogP contribution in [-0.4, -0.2) is 41.7 Å². The highest BCUT2D eigenvalue weighted by Crippen LogP contribution is 2.38. The van der Waals surface area contributed by atoms with Crippen LogP contribution in [0.2, 0.25) is 0 Å². The van der Waals surface area contributed by atoms with Crippen LogP contribution in [0.5, 0.6) is 0 Å². The lowest BCUT2D eigenvalue weighted by Gasteiger charge is -2.22. The van der Waals surface area contributed by atoms with Crippen molar-refractivity contribution in [3.63, 3.8) is 0 Å². The van der Waals surface area contributed by atoms with Gasteiger partial charge in [0.1, 0.15) is 5.76 Å². The molecular formula is C23H21F3N2O6S2. The van der Waals surface area contributed by atoms with Crippen LogP contribution in [0.25, 0.3) is 11.5 Å². The minimum atomic E-state index is -4.55. The van der Waals surface area contributed by atoms with E-state index >= 15 is 0 Å². The van der Waals surface area contributed by atoms with E-state index in [-0.39, 0.29) is 35.1 Å². The molecule has 8 nitrogen and oxygen atoms in total. The average Bonchev–Trinajstić information content (AvgIpc) is 3.43. The number of oxazole rings is 1. The summed E-state index contributed by atoms with van der Waals surface area (Å²) >= 11 is 1.31. The monoisotopic (exact) mass is 542 g/mol. The normalized spacial score (nSPS) is 16.8. The van der Waals surface area contributed by atoms with E-state index in [1.807, 2.05) is 0 Å². The number of thioether (sulfide) groups is 1. The summed E-state index contributed by atoms with van der Waals surface area (Å²) in [6, 6.07) is 11.1. The predicted molar refractivity (Wildman–Crippen MR) is 124 cm³/mol. The Kier molecular flexibility index (Phi) is 7.34. The molecule has 0 bridgehead atoms. The van der Waals surface area contributed by atoms with Crippen molar-refractivity contribution in [3.8, 4) is 11.5 Å². The van der Waals surface area contributed by atoms with Gasteiger partial charge in [-0.05, 0) is 49.7 Å². The molecule has 192 valence electrons. The number of hydrogen-bond donors (Lipinski definition) is 1. The molecule has 1 fully saturated rings. The first-order chi connectivity index (χ1) is 17.0. The maximum absolute atomic E-state index is 13.4. The number of aryl methyl sites for hydroxylation is 1. The Bertz CT molecular complexity index is 1360. The minimum absolute atomic E-state index is 0.00333. The maximum atomic E-state index is 13.4. The van der Waals surface area contributed by atoms with Gasteiger partial charge in [-0.2, -0.15) is 17.5 Å². The molecule has 1 saturated heterocycles. The van der Waals surface area contributed by atoms with Gasteiger partial charge in [-0.3, -0.25) is 0 Å². The molecule has 1 aliphatic heterocycles. The maximum Gasteiger partial charge on any atom is 0.507 e. The third kappa shape index (κ3) is 5.52. The fraction of sp³-hybridized carbons (Fsp3) is 0.304. The smallest absolute Gasteiger partial charge is 0.450 e. The fourth-order valence-corrected chi connectivity index (χ4v) is 6.29. The van der Waals surface area contributed by atoms with E-state index in [0.29, 0.717) is 22.8 Å². The van der Waals surface area contributed by atoms with Gasteiger partial charge in [0.25, 0.3) is 0 Å². The molecule has 0 radical (unpaired) electrons.